The first kappa shape index (κ1) is 18.0. The lowest BCUT2D eigenvalue weighted by Crippen LogP contribution is -2.52. The normalized spacial score (nSPS) is 34.6. The highest BCUT2D eigenvalue weighted by atomic mass is 16.5. The Bertz CT molecular complexity index is 812. The third kappa shape index (κ3) is 2.90. The molecule has 0 radical (unpaired) electrons. The zero-order valence-corrected chi connectivity index (χ0v) is 16.9. The van der Waals surface area contributed by atoms with Gasteiger partial charge in [-0.05, 0) is 61.0 Å². The van der Waals surface area contributed by atoms with E-state index in [2.05, 4.69) is 46.1 Å². The maximum atomic E-state index is 12.9. The molecule has 0 spiro atoms. The smallest absolute Gasteiger partial charge is 0.407 e. The number of carbonyl (C=O) groups is 2. The predicted octanol–water partition coefficient (Wildman–Crippen LogP) is 3.36. The summed E-state index contributed by atoms with van der Waals surface area (Å²) in [6, 6.07) is 9.37. The standard InChI is InChI=1S/C23H30N2O3/c1-22(6-7-22)16-4-3-5-17(12-16)23-8-9-25(14-18(23)13-23)20(26)15-10-19(11-15)24-21(27)28-2/h3-5,12,15,18-19H,6-11,13-14H2,1-2H3,(H,24,27). The number of benzene rings is 1. The number of hydrogen-bond donors (Lipinski definition) is 1. The lowest BCUT2D eigenvalue weighted by atomic mass is 9.78. The van der Waals surface area contributed by atoms with Crippen molar-refractivity contribution in [2.24, 2.45) is 11.8 Å². The van der Waals surface area contributed by atoms with Crippen LogP contribution < -0.4 is 5.32 Å². The molecule has 4 fully saturated rings. The summed E-state index contributed by atoms with van der Waals surface area (Å²) in [5.74, 6) is 0.950. The number of likely N-dealkylation sites (tertiary alicyclic amines) is 1. The van der Waals surface area contributed by atoms with Crippen LogP contribution in [-0.4, -0.2) is 43.1 Å². The Kier molecular flexibility index (Phi) is 4.01. The van der Waals surface area contributed by atoms with Crippen LogP contribution >= 0.6 is 0 Å². The van der Waals surface area contributed by atoms with Crippen molar-refractivity contribution in [3.8, 4) is 0 Å². The highest BCUT2D eigenvalue weighted by Crippen LogP contribution is 2.60. The maximum absolute atomic E-state index is 12.9. The molecule has 1 aromatic carbocycles. The van der Waals surface area contributed by atoms with Crippen LogP contribution in [0.3, 0.4) is 0 Å². The summed E-state index contributed by atoms with van der Waals surface area (Å²) in [5.41, 5.74) is 3.72. The molecule has 0 bridgehead atoms. The van der Waals surface area contributed by atoms with Crippen molar-refractivity contribution in [2.75, 3.05) is 20.2 Å². The van der Waals surface area contributed by atoms with Gasteiger partial charge in [0.25, 0.3) is 0 Å². The van der Waals surface area contributed by atoms with Crippen molar-refractivity contribution in [3.05, 3.63) is 35.4 Å². The molecule has 0 aromatic heterocycles. The summed E-state index contributed by atoms with van der Waals surface area (Å²) in [7, 11) is 1.37. The van der Waals surface area contributed by atoms with E-state index < -0.39 is 6.09 Å². The van der Waals surface area contributed by atoms with Gasteiger partial charge >= 0.3 is 6.09 Å². The van der Waals surface area contributed by atoms with Gasteiger partial charge in [-0.3, -0.25) is 4.79 Å². The Morgan fingerprint density at radius 2 is 1.93 bits per heavy atom. The van der Waals surface area contributed by atoms with Crippen molar-refractivity contribution in [3.63, 3.8) is 0 Å². The van der Waals surface area contributed by atoms with Crippen molar-refractivity contribution >= 4 is 12.0 Å². The summed E-state index contributed by atoms with van der Waals surface area (Å²) in [6.07, 6.45) is 5.99. The van der Waals surface area contributed by atoms with Gasteiger partial charge in [0.1, 0.15) is 0 Å². The number of piperidine rings is 1. The monoisotopic (exact) mass is 382 g/mol. The van der Waals surface area contributed by atoms with Crippen LogP contribution in [0, 0.1) is 11.8 Å². The van der Waals surface area contributed by atoms with E-state index in [4.69, 9.17) is 0 Å². The zero-order valence-electron chi connectivity index (χ0n) is 16.9. The number of ether oxygens (including phenoxy) is 1. The summed E-state index contributed by atoms with van der Waals surface area (Å²) in [6.45, 7) is 4.13. The number of amides is 2. The van der Waals surface area contributed by atoms with Crippen LogP contribution in [0.5, 0.6) is 0 Å². The second-order valence-corrected chi connectivity index (χ2v) is 9.73. The van der Waals surface area contributed by atoms with Crippen molar-refractivity contribution in [1.29, 1.82) is 0 Å². The second kappa shape index (κ2) is 6.23. The van der Waals surface area contributed by atoms with Crippen LogP contribution in [0.25, 0.3) is 0 Å². The molecular formula is C23H30N2O3. The summed E-state index contributed by atoms with van der Waals surface area (Å²) in [4.78, 5) is 26.2. The Morgan fingerprint density at radius 1 is 1.18 bits per heavy atom. The molecule has 5 heteroatoms. The maximum Gasteiger partial charge on any atom is 0.407 e. The lowest BCUT2D eigenvalue weighted by molar-refractivity contribution is -0.140. The van der Waals surface area contributed by atoms with Gasteiger partial charge in [0.15, 0.2) is 0 Å². The molecule has 2 atom stereocenters. The van der Waals surface area contributed by atoms with E-state index in [1.165, 1.54) is 37.5 Å². The quantitative estimate of drug-likeness (QED) is 0.869. The Labute approximate surface area is 166 Å². The first-order valence-corrected chi connectivity index (χ1v) is 10.7. The van der Waals surface area contributed by atoms with Gasteiger partial charge < -0.3 is 15.0 Å². The van der Waals surface area contributed by atoms with E-state index in [1.54, 1.807) is 0 Å². The first-order chi connectivity index (χ1) is 13.4. The van der Waals surface area contributed by atoms with Crippen LogP contribution in [0.4, 0.5) is 4.79 Å². The van der Waals surface area contributed by atoms with Gasteiger partial charge in [0, 0.05) is 30.5 Å². The van der Waals surface area contributed by atoms with Crippen molar-refractivity contribution in [2.45, 2.75) is 62.3 Å². The zero-order chi connectivity index (χ0) is 19.5. The number of rotatable bonds is 4. The van der Waals surface area contributed by atoms with Gasteiger partial charge in [0.2, 0.25) is 5.91 Å². The molecule has 150 valence electrons. The van der Waals surface area contributed by atoms with Gasteiger partial charge in [-0.25, -0.2) is 4.79 Å². The highest BCUT2D eigenvalue weighted by Gasteiger charge is 2.58. The lowest BCUT2D eigenvalue weighted by Gasteiger charge is -2.40. The molecule has 3 saturated carbocycles. The SMILES string of the molecule is COC(=O)NC1CC(C(=O)N2CCC3(c4cccc(C5(C)CC5)c4)CC3C2)C1. The number of carbonyl (C=O) groups excluding carboxylic acids is 2. The number of nitrogens with zero attached hydrogens (tertiary/aromatic N) is 1. The number of alkyl carbamates (subject to hydrolysis) is 1. The van der Waals surface area contributed by atoms with Gasteiger partial charge in [-0.2, -0.15) is 0 Å². The summed E-state index contributed by atoms with van der Waals surface area (Å²) >= 11 is 0. The van der Waals surface area contributed by atoms with E-state index in [9.17, 15) is 9.59 Å². The van der Waals surface area contributed by atoms with E-state index >= 15 is 0 Å². The molecule has 1 saturated heterocycles. The summed E-state index contributed by atoms with van der Waals surface area (Å²) < 4.78 is 4.63. The third-order valence-electron chi connectivity index (χ3n) is 7.94. The Hall–Kier alpha value is -2.04. The molecular weight excluding hydrogens is 352 g/mol. The first-order valence-electron chi connectivity index (χ1n) is 10.7. The van der Waals surface area contributed by atoms with E-state index in [0.29, 0.717) is 16.7 Å². The fraction of sp³-hybridized carbons (Fsp3) is 0.652. The fourth-order valence-electron chi connectivity index (χ4n) is 5.42. The minimum atomic E-state index is -0.404. The molecule has 2 amide bonds. The fourth-order valence-corrected chi connectivity index (χ4v) is 5.42. The molecule has 1 N–H and O–H groups in total. The van der Waals surface area contributed by atoms with E-state index in [-0.39, 0.29) is 17.9 Å². The van der Waals surface area contributed by atoms with Gasteiger partial charge in [-0.15, -0.1) is 0 Å². The Balaban J connectivity index is 1.18. The number of hydrogen-bond acceptors (Lipinski definition) is 3. The Morgan fingerprint density at radius 3 is 2.61 bits per heavy atom. The average Bonchev–Trinajstić information content (AvgIpc) is 3.59. The van der Waals surface area contributed by atoms with Crippen molar-refractivity contribution < 1.29 is 14.3 Å². The van der Waals surface area contributed by atoms with Crippen LogP contribution in [0.15, 0.2) is 24.3 Å². The van der Waals surface area contributed by atoms with Gasteiger partial charge in [-0.1, -0.05) is 31.2 Å². The predicted molar refractivity (Wildman–Crippen MR) is 106 cm³/mol. The number of fused-ring (bicyclic) bond motifs is 1. The van der Waals surface area contributed by atoms with Gasteiger partial charge in [0.05, 0.1) is 7.11 Å². The topological polar surface area (TPSA) is 58.6 Å². The molecule has 28 heavy (non-hydrogen) atoms. The molecule has 1 aliphatic heterocycles. The average molecular weight is 383 g/mol. The molecule has 1 aromatic rings. The number of methoxy groups -OCH3 is 1. The van der Waals surface area contributed by atoms with E-state index in [1.807, 2.05) is 0 Å². The van der Waals surface area contributed by atoms with Crippen LogP contribution in [-0.2, 0) is 20.4 Å². The van der Waals surface area contributed by atoms with E-state index in [0.717, 1.165) is 32.4 Å². The minimum Gasteiger partial charge on any atom is -0.453 e. The molecule has 1 heterocycles. The third-order valence-corrected chi connectivity index (χ3v) is 7.94. The minimum absolute atomic E-state index is 0.0616. The van der Waals surface area contributed by atoms with Crippen LogP contribution in [0.1, 0.15) is 56.6 Å². The largest absolute Gasteiger partial charge is 0.453 e. The molecule has 4 aliphatic rings. The van der Waals surface area contributed by atoms with Crippen LogP contribution in [0.2, 0.25) is 0 Å². The molecule has 5 rings (SSSR count). The van der Waals surface area contributed by atoms with Crippen molar-refractivity contribution in [1.82, 2.24) is 10.2 Å². The molecule has 5 nitrogen and oxygen atoms in total. The molecule has 3 aliphatic carbocycles. The second-order valence-electron chi connectivity index (χ2n) is 9.73. The molecule has 2 unspecified atom stereocenters. The highest BCUT2D eigenvalue weighted by molar-refractivity contribution is 5.80. The summed E-state index contributed by atoms with van der Waals surface area (Å²) in [5, 5.41) is 2.79. The number of nitrogens with one attached hydrogen (secondary N) is 1.